The maximum absolute atomic E-state index is 10.3. The van der Waals surface area contributed by atoms with Crippen molar-refractivity contribution < 1.29 is 14.4 Å². The Bertz CT molecular complexity index is 528. The molecule has 0 atom stereocenters. The van der Waals surface area contributed by atoms with E-state index in [2.05, 4.69) is 23.2 Å². The largest absolute Gasteiger partial charge is 0.361 e. The number of carbonyl (C=O) groups excluding carboxylic acids is 3. The van der Waals surface area contributed by atoms with Crippen LogP contribution in [0.4, 0.5) is 4.79 Å². The Morgan fingerprint density at radius 3 is 2.17 bits per heavy atom. The number of hydrogen-bond donors (Lipinski definition) is 3. The molecule has 18 heavy (non-hydrogen) atoms. The summed E-state index contributed by atoms with van der Waals surface area (Å²) in [6, 6.07) is 9.54. The van der Waals surface area contributed by atoms with Gasteiger partial charge in [-0.3, -0.25) is 20.2 Å². The number of hydrogen-bond acceptors (Lipinski definition) is 3. The summed E-state index contributed by atoms with van der Waals surface area (Å²) in [6.07, 6.45) is 1.69. The highest BCUT2D eigenvalue weighted by atomic mass is 16.2. The van der Waals surface area contributed by atoms with Gasteiger partial charge in [-0.2, -0.15) is 0 Å². The van der Waals surface area contributed by atoms with Crippen LogP contribution < -0.4 is 10.6 Å². The number of amides is 4. The first-order chi connectivity index (χ1) is 8.65. The molecule has 0 aliphatic carbocycles. The molecule has 4 amide bonds. The number of urea groups is 1. The summed E-state index contributed by atoms with van der Waals surface area (Å²) in [5, 5.41) is 5.08. The Morgan fingerprint density at radius 2 is 1.56 bits per heavy atom. The molecular formula is C12H11N3O3. The van der Waals surface area contributed by atoms with Gasteiger partial charge in [-0.25, -0.2) is 4.79 Å². The van der Waals surface area contributed by atoms with Gasteiger partial charge >= 0.3 is 6.03 Å². The second-order valence-corrected chi connectivity index (χ2v) is 3.67. The minimum Gasteiger partial charge on any atom is -0.361 e. The monoisotopic (exact) mass is 245 g/mol. The van der Waals surface area contributed by atoms with E-state index in [4.69, 9.17) is 0 Å². The number of para-hydroxylation sites is 1. The van der Waals surface area contributed by atoms with Crippen molar-refractivity contribution in [2.45, 2.75) is 6.42 Å². The van der Waals surface area contributed by atoms with Crippen molar-refractivity contribution in [2.75, 3.05) is 0 Å². The molecule has 3 rings (SSSR count). The van der Waals surface area contributed by atoms with E-state index in [1.165, 1.54) is 10.9 Å². The fraction of sp³-hybridized carbons (Fsp3) is 0.0833. The quantitative estimate of drug-likeness (QED) is 0.602. The third kappa shape index (κ3) is 2.94. The lowest BCUT2D eigenvalue weighted by Crippen LogP contribution is -2.49. The molecule has 1 saturated heterocycles. The zero-order valence-electron chi connectivity index (χ0n) is 9.40. The van der Waals surface area contributed by atoms with Crippen molar-refractivity contribution in [2.24, 2.45) is 0 Å². The van der Waals surface area contributed by atoms with Crippen molar-refractivity contribution in [3.63, 3.8) is 0 Å². The molecular weight excluding hydrogens is 234 g/mol. The zero-order chi connectivity index (χ0) is 13.0. The van der Waals surface area contributed by atoms with Crippen LogP contribution in [-0.2, 0) is 9.59 Å². The molecule has 2 heterocycles. The van der Waals surface area contributed by atoms with E-state index < -0.39 is 17.8 Å². The zero-order valence-corrected chi connectivity index (χ0v) is 9.40. The first-order valence-electron chi connectivity index (χ1n) is 5.31. The van der Waals surface area contributed by atoms with E-state index in [1.54, 1.807) is 0 Å². The molecule has 1 aliphatic rings. The highest BCUT2D eigenvalue weighted by Gasteiger charge is 2.20. The molecule has 0 saturated carbocycles. The van der Waals surface area contributed by atoms with E-state index in [-0.39, 0.29) is 6.42 Å². The summed E-state index contributed by atoms with van der Waals surface area (Å²) in [5.41, 5.74) is 1.21. The average molecular weight is 245 g/mol. The highest BCUT2D eigenvalue weighted by molar-refractivity contribution is 6.14. The van der Waals surface area contributed by atoms with E-state index in [0.29, 0.717) is 0 Å². The van der Waals surface area contributed by atoms with Crippen molar-refractivity contribution in [1.82, 2.24) is 15.6 Å². The van der Waals surface area contributed by atoms with Crippen molar-refractivity contribution in [1.29, 1.82) is 0 Å². The van der Waals surface area contributed by atoms with Gasteiger partial charge in [-0.05, 0) is 17.5 Å². The summed E-state index contributed by atoms with van der Waals surface area (Å²) < 4.78 is 0. The van der Waals surface area contributed by atoms with Crippen LogP contribution in [-0.4, -0.2) is 22.8 Å². The van der Waals surface area contributed by atoms with Gasteiger partial charge in [0.1, 0.15) is 6.42 Å². The first-order valence-corrected chi connectivity index (χ1v) is 5.31. The van der Waals surface area contributed by atoms with Crippen molar-refractivity contribution in [3.8, 4) is 0 Å². The lowest BCUT2D eigenvalue weighted by Gasteiger charge is -2.09. The normalized spacial score (nSPS) is 14.6. The molecule has 1 fully saturated rings. The molecule has 1 aromatic heterocycles. The number of rotatable bonds is 0. The molecule has 6 heteroatoms. The number of barbiturate groups is 1. The molecule has 0 bridgehead atoms. The molecule has 92 valence electrons. The number of aromatic amines is 1. The second kappa shape index (κ2) is 5.13. The predicted molar refractivity (Wildman–Crippen MR) is 64.6 cm³/mol. The third-order valence-corrected chi connectivity index (χ3v) is 2.29. The van der Waals surface area contributed by atoms with Crippen molar-refractivity contribution >= 4 is 28.7 Å². The topological polar surface area (TPSA) is 91.1 Å². The Morgan fingerprint density at radius 1 is 0.889 bits per heavy atom. The van der Waals surface area contributed by atoms with Crippen LogP contribution in [0, 0.1) is 0 Å². The first kappa shape index (κ1) is 11.8. The number of fused-ring (bicyclic) bond motifs is 1. The van der Waals surface area contributed by atoms with Gasteiger partial charge in [-0.1, -0.05) is 18.2 Å². The molecule has 0 radical (unpaired) electrons. The fourth-order valence-electron chi connectivity index (χ4n) is 1.51. The Balaban J connectivity index is 0.000000134. The average Bonchev–Trinajstić information content (AvgIpc) is 2.75. The number of imide groups is 2. The summed E-state index contributed by atoms with van der Waals surface area (Å²) in [7, 11) is 0. The molecule has 0 unspecified atom stereocenters. The van der Waals surface area contributed by atoms with Crippen LogP contribution in [0.25, 0.3) is 10.9 Å². The summed E-state index contributed by atoms with van der Waals surface area (Å²) in [4.78, 5) is 33.9. The predicted octanol–water partition coefficient (Wildman–Crippen LogP) is 0.910. The molecule has 0 spiro atoms. The highest BCUT2D eigenvalue weighted by Crippen LogP contribution is 2.09. The number of benzene rings is 1. The van der Waals surface area contributed by atoms with Crippen molar-refractivity contribution in [3.05, 3.63) is 36.5 Å². The van der Waals surface area contributed by atoms with Gasteiger partial charge in [0, 0.05) is 11.7 Å². The van der Waals surface area contributed by atoms with E-state index in [0.717, 1.165) is 0 Å². The van der Waals surface area contributed by atoms with E-state index in [1.807, 2.05) is 29.0 Å². The standard InChI is InChI=1S/C8H7N.C4H4N2O3/c1-2-4-8-7(3-1)5-6-9-8;7-2-1-3(8)6-4(9)5-2/h1-6,9H;1H2,(H2,5,6,7,8,9). The lowest BCUT2D eigenvalue weighted by molar-refractivity contribution is -0.129. The number of H-pyrrole nitrogens is 1. The maximum atomic E-state index is 10.3. The molecule has 3 N–H and O–H groups in total. The van der Waals surface area contributed by atoms with Gasteiger partial charge in [0.15, 0.2) is 0 Å². The summed E-state index contributed by atoms with van der Waals surface area (Å²) in [5.74, 6) is -1.10. The van der Waals surface area contributed by atoms with Crippen LogP contribution in [0.3, 0.4) is 0 Å². The minimum absolute atomic E-state index is 0.258. The van der Waals surface area contributed by atoms with Crippen LogP contribution in [0.2, 0.25) is 0 Å². The molecule has 1 aliphatic heterocycles. The molecule has 6 nitrogen and oxygen atoms in total. The van der Waals surface area contributed by atoms with E-state index in [9.17, 15) is 14.4 Å². The third-order valence-electron chi connectivity index (χ3n) is 2.29. The van der Waals surface area contributed by atoms with Gasteiger partial charge in [-0.15, -0.1) is 0 Å². The SMILES string of the molecule is O=C1CC(=O)NC(=O)N1.c1ccc2[nH]ccc2c1. The van der Waals surface area contributed by atoms with E-state index >= 15 is 0 Å². The van der Waals surface area contributed by atoms with Gasteiger partial charge in [0.2, 0.25) is 11.8 Å². The fourth-order valence-corrected chi connectivity index (χ4v) is 1.51. The smallest absolute Gasteiger partial charge is 0.328 e. The Labute approximate surface area is 102 Å². The van der Waals surface area contributed by atoms with Crippen LogP contribution in [0.15, 0.2) is 36.5 Å². The van der Waals surface area contributed by atoms with Crippen LogP contribution >= 0.6 is 0 Å². The van der Waals surface area contributed by atoms with Crippen LogP contribution in [0.5, 0.6) is 0 Å². The van der Waals surface area contributed by atoms with Gasteiger partial charge in [0.25, 0.3) is 0 Å². The molecule has 1 aromatic carbocycles. The Kier molecular flexibility index (Phi) is 3.38. The van der Waals surface area contributed by atoms with Gasteiger partial charge < -0.3 is 4.98 Å². The van der Waals surface area contributed by atoms with Gasteiger partial charge in [0.05, 0.1) is 0 Å². The Hall–Kier alpha value is -2.63. The number of aromatic nitrogens is 1. The minimum atomic E-state index is -0.740. The summed E-state index contributed by atoms with van der Waals surface area (Å²) >= 11 is 0. The number of nitrogens with one attached hydrogen (secondary N) is 3. The second-order valence-electron chi connectivity index (χ2n) is 3.67. The van der Waals surface area contributed by atoms with Crippen LogP contribution in [0.1, 0.15) is 6.42 Å². The number of carbonyl (C=O) groups is 3. The molecule has 2 aromatic rings. The lowest BCUT2D eigenvalue weighted by atomic mass is 10.3. The maximum Gasteiger partial charge on any atom is 0.328 e. The summed E-state index contributed by atoms with van der Waals surface area (Å²) in [6.45, 7) is 0.